The van der Waals surface area contributed by atoms with Crippen LogP contribution in [0, 0.1) is 0 Å². The molecule has 0 radical (unpaired) electrons. The first-order valence-corrected chi connectivity index (χ1v) is 8.45. The van der Waals surface area contributed by atoms with Crippen molar-refractivity contribution in [3.63, 3.8) is 0 Å². The fraction of sp³-hybridized carbons (Fsp3) is 0.688. The quantitative estimate of drug-likeness (QED) is 0.613. The molecule has 2 N–H and O–H groups in total. The van der Waals surface area contributed by atoms with E-state index in [9.17, 15) is 0 Å². The maximum atomic E-state index is 4.29. The second-order valence-corrected chi connectivity index (χ2v) is 5.65. The van der Waals surface area contributed by atoms with Gasteiger partial charge in [-0.05, 0) is 38.9 Å². The van der Waals surface area contributed by atoms with Gasteiger partial charge in [-0.2, -0.15) is 0 Å². The van der Waals surface area contributed by atoms with Gasteiger partial charge in [-0.25, -0.2) is 15.0 Å². The van der Waals surface area contributed by atoms with Gasteiger partial charge in [0.1, 0.15) is 11.8 Å². The summed E-state index contributed by atoms with van der Waals surface area (Å²) >= 11 is 0. The number of rotatable bonds is 11. The predicted octanol–water partition coefficient (Wildman–Crippen LogP) is 3.48. The van der Waals surface area contributed by atoms with Crippen molar-refractivity contribution in [1.82, 2.24) is 24.8 Å². The van der Waals surface area contributed by atoms with E-state index >= 15 is 0 Å². The van der Waals surface area contributed by atoms with Crippen molar-refractivity contribution in [2.75, 3.05) is 31.5 Å². The number of fused-ring (bicyclic) bond motifs is 1. The van der Waals surface area contributed by atoms with Crippen molar-refractivity contribution in [1.29, 1.82) is 0 Å². The van der Waals surface area contributed by atoms with Gasteiger partial charge in [0, 0.05) is 6.54 Å². The van der Waals surface area contributed by atoms with E-state index in [0.717, 1.165) is 30.8 Å². The van der Waals surface area contributed by atoms with Crippen LogP contribution in [0.1, 0.15) is 46.0 Å². The van der Waals surface area contributed by atoms with Crippen LogP contribution >= 0.6 is 12.4 Å². The van der Waals surface area contributed by atoms with E-state index in [1.54, 1.807) is 12.7 Å². The molecule has 0 unspecified atom stereocenters. The van der Waals surface area contributed by atoms with Crippen molar-refractivity contribution < 1.29 is 0 Å². The molecule has 23 heavy (non-hydrogen) atoms. The highest BCUT2D eigenvalue weighted by Crippen LogP contribution is 2.14. The minimum atomic E-state index is 0. The van der Waals surface area contributed by atoms with Crippen molar-refractivity contribution >= 4 is 29.4 Å². The van der Waals surface area contributed by atoms with Gasteiger partial charge >= 0.3 is 0 Å². The van der Waals surface area contributed by atoms with Crippen molar-refractivity contribution in [3.8, 4) is 0 Å². The lowest BCUT2D eigenvalue weighted by Gasteiger charge is -2.22. The molecule has 6 nitrogen and oxygen atoms in total. The Balaban J connectivity index is 0.00000264. The number of hydrogen-bond acceptors (Lipinski definition) is 5. The SMILES string of the molecule is CCCCN(CCCC)CCCNc1ncnc2nc[nH]c12.Cl. The van der Waals surface area contributed by atoms with Crippen LogP contribution < -0.4 is 5.32 Å². The molecule has 130 valence electrons. The maximum absolute atomic E-state index is 4.29. The average Bonchev–Trinajstić information content (AvgIpc) is 3.02. The lowest BCUT2D eigenvalue weighted by atomic mass is 10.2. The summed E-state index contributed by atoms with van der Waals surface area (Å²) < 4.78 is 0. The molecule has 0 aromatic carbocycles. The van der Waals surface area contributed by atoms with Crippen LogP contribution in [0.25, 0.3) is 11.2 Å². The predicted molar refractivity (Wildman–Crippen MR) is 98.3 cm³/mol. The van der Waals surface area contributed by atoms with Crippen molar-refractivity contribution in [2.45, 2.75) is 46.0 Å². The highest BCUT2D eigenvalue weighted by molar-refractivity contribution is 5.85. The van der Waals surface area contributed by atoms with Crippen LogP contribution in [0.2, 0.25) is 0 Å². The number of imidazole rings is 1. The number of nitrogens with zero attached hydrogens (tertiary/aromatic N) is 4. The van der Waals surface area contributed by atoms with Crippen LogP contribution in [-0.2, 0) is 0 Å². The Labute approximate surface area is 144 Å². The van der Waals surface area contributed by atoms with Crippen molar-refractivity contribution in [3.05, 3.63) is 12.7 Å². The fourth-order valence-electron chi connectivity index (χ4n) is 2.51. The molecule has 0 saturated carbocycles. The van der Waals surface area contributed by atoms with Gasteiger partial charge in [0.2, 0.25) is 0 Å². The van der Waals surface area contributed by atoms with Crippen LogP contribution in [0.15, 0.2) is 12.7 Å². The summed E-state index contributed by atoms with van der Waals surface area (Å²) in [5, 5.41) is 3.39. The van der Waals surface area contributed by atoms with E-state index in [1.165, 1.54) is 38.8 Å². The second kappa shape index (κ2) is 11.2. The summed E-state index contributed by atoms with van der Waals surface area (Å²) in [4.78, 5) is 18.2. The van der Waals surface area contributed by atoms with Gasteiger partial charge in [-0.1, -0.05) is 26.7 Å². The lowest BCUT2D eigenvalue weighted by Crippen LogP contribution is -2.28. The first-order chi connectivity index (χ1) is 10.8. The Morgan fingerprint density at radius 3 is 2.39 bits per heavy atom. The number of anilines is 1. The molecule has 0 spiro atoms. The van der Waals surface area contributed by atoms with Gasteiger partial charge < -0.3 is 15.2 Å². The van der Waals surface area contributed by atoms with Gasteiger partial charge in [0.05, 0.1) is 6.33 Å². The molecule has 2 aromatic rings. The van der Waals surface area contributed by atoms with Gasteiger partial charge in [0.15, 0.2) is 11.5 Å². The molecule has 0 aliphatic rings. The first-order valence-electron chi connectivity index (χ1n) is 8.45. The second-order valence-electron chi connectivity index (χ2n) is 5.65. The van der Waals surface area contributed by atoms with Gasteiger partial charge in [-0.3, -0.25) is 0 Å². The van der Waals surface area contributed by atoms with Crippen LogP contribution in [-0.4, -0.2) is 51.0 Å². The zero-order chi connectivity index (χ0) is 15.6. The van der Waals surface area contributed by atoms with Gasteiger partial charge in [-0.15, -0.1) is 12.4 Å². The summed E-state index contributed by atoms with van der Waals surface area (Å²) in [7, 11) is 0. The molecule has 0 bridgehead atoms. The zero-order valence-corrected chi connectivity index (χ0v) is 15.0. The first kappa shape index (κ1) is 19.6. The lowest BCUT2D eigenvalue weighted by molar-refractivity contribution is 0.264. The molecular weight excluding hydrogens is 312 g/mol. The van der Waals surface area contributed by atoms with E-state index in [-0.39, 0.29) is 12.4 Å². The summed E-state index contributed by atoms with van der Waals surface area (Å²) in [6.07, 6.45) is 9.43. The van der Waals surface area contributed by atoms with Crippen molar-refractivity contribution in [2.24, 2.45) is 0 Å². The fourth-order valence-corrected chi connectivity index (χ4v) is 2.51. The Morgan fingerprint density at radius 1 is 1.00 bits per heavy atom. The Bertz CT molecular complexity index is 536. The largest absolute Gasteiger partial charge is 0.368 e. The third-order valence-corrected chi connectivity index (χ3v) is 3.82. The highest BCUT2D eigenvalue weighted by atomic mass is 35.5. The number of unbranched alkanes of at least 4 members (excludes halogenated alkanes) is 2. The number of aromatic nitrogens is 4. The summed E-state index contributed by atoms with van der Waals surface area (Å²) in [6, 6.07) is 0. The van der Waals surface area contributed by atoms with E-state index in [4.69, 9.17) is 0 Å². The number of aromatic amines is 1. The number of hydrogen-bond donors (Lipinski definition) is 2. The average molecular weight is 341 g/mol. The van der Waals surface area contributed by atoms with E-state index in [2.05, 4.69) is 44.0 Å². The third-order valence-electron chi connectivity index (χ3n) is 3.82. The van der Waals surface area contributed by atoms with Gasteiger partial charge in [0.25, 0.3) is 0 Å². The summed E-state index contributed by atoms with van der Waals surface area (Å²) in [5.41, 5.74) is 1.60. The monoisotopic (exact) mass is 340 g/mol. The van der Waals surface area contributed by atoms with E-state index in [0.29, 0.717) is 5.65 Å². The molecule has 0 fully saturated rings. The number of halogens is 1. The molecule has 2 heterocycles. The smallest absolute Gasteiger partial charge is 0.182 e. The maximum Gasteiger partial charge on any atom is 0.182 e. The topological polar surface area (TPSA) is 69.7 Å². The molecule has 0 amide bonds. The minimum absolute atomic E-state index is 0. The molecule has 0 aliphatic heterocycles. The summed E-state index contributed by atoms with van der Waals surface area (Å²) in [5.74, 6) is 0.844. The zero-order valence-electron chi connectivity index (χ0n) is 14.2. The molecule has 2 rings (SSSR count). The molecule has 0 atom stereocenters. The Hall–Kier alpha value is -1.40. The Kier molecular flexibility index (Phi) is 9.55. The van der Waals surface area contributed by atoms with E-state index < -0.39 is 0 Å². The normalized spacial score (nSPS) is 10.9. The standard InChI is InChI=1S/C16H28N6.ClH/c1-3-5-9-22(10-6-4-2)11-7-8-17-15-14-16(19-12-18-14)21-13-20-15;/h12-13H,3-11H2,1-2H3,(H2,17,18,19,20,21);1H. The molecule has 0 saturated heterocycles. The summed E-state index contributed by atoms with van der Waals surface area (Å²) in [6.45, 7) is 9.00. The molecule has 7 heteroatoms. The number of H-pyrrole nitrogens is 1. The van der Waals surface area contributed by atoms with Crippen LogP contribution in [0.3, 0.4) is 0 Å². The Morgan fingerprint density at radius 2 is 1.70 bits per heavy atom. The minimum Gasteiger partial charge on any atom is -0.368 e. The third kappa shape index (κ3) is 6.31. The van der Waals surface area contributed by atoms with Crippen LogP contribution in [0.5, 0.6) is 0 Å². The number of nitrogens with one attached hydrogen (secondary N) is 2. The molecule has 2 aromatic heterocycles. The highest BCUT2D eigenvalue weighted by Gasteiger charge is 2.06. The van der Waals surface area contributed by atoms with E-state index in [1.807, 2.05) is 0 Å². The molecule has 0 aliphatic carbocycles. The van der Waals surface area contributed by atoms with Crippen LogP contribution in [0.4, 0.5) is 5.82 Å². The molecular formula is C16H29ClN6.